The van der Waals surface area contributed by atoms with E-state index in [4.69, 9.17) is 15.2 Å². The Morgan fingerprint density at radius 2 is 2.24 bits per heavy atom. The van der Waals surface area contributed by atoms with Gasteiger partial charge in [-0.3, -0.25) is 0 Å². The molecule has 94 valence electrons. The van der Waals surface area contributed by atoms with Crippen molar-refractivity contribution in [3.63, 3.8) is 0 Å². The summed E-state index contributed by atoms with van der Waals surface area (Å²) in [7, 11) is 1.62. The summed E-state index contributed by atoms with van der Waals surface area (Å²) in [4.78, 5) is 4.19. The Morgan fingerprint density at radius 1 is 1.47 bits per heavy atom. The normalized spacial score (nSPS) is 18.9. The van der Waals surface area contributed by atoms with E-state index in [0.717, 1.165) is 32.5 Å². The van der Waals surface area contributed by atoms with E-state index in [1.807, 2.05) is 18.3 Å². The van der Waals surface area contributed by atoms with Crippen molar-refractivity contribution in [2.75, 3.05) is 20.3 Å². The van der Waals surface area contributed by atoms with Crippen LogP contribution in [-0.2, 0) is 11.2 Å². The number of nitrogens with two attached hydrogens (primary N) is 1. The molecule has 0 bridgehead atoms. The summed E-state index contributed by atoms with van der Waals surface area (Å²) in [6, 6.07) is 4.12. The second-order valence-electron chi connectivity index (χ2n) is 4.53. The van der Waals surface area contributed by atoms with E-state index in [1.165, 1.54) is 5.56 Å². The average molecular weight is 236 g/mol. The van der Waals surface area contributed by atoms with Crippen molar-refractivity contribution < 1.29 is 9.47 Å². The first-order valence-corrected chi connectivity index (χ1v) is 6.12. The minimum Gasteiger partial charge on any atom is -0.481 e. The molecule has 4 heteroatoms. The molecule has 0 spiro atoms. The molecule has 1 atom stereocenters. The molecule has 0 amide bonds. The quantitative estimate of drug-likeness (QED) is 0.858. The van der Waals surface area contributed by atoms with Crippen LogP contribution in [0.25, 0.3) is 0 Å². The van der Waals surface area contributed by atoms with E-state index in [1.54, 1.807) is 7.11 Å². The maximum absolute atomic E-state index is 6.24. The molecule has 4 nitrogen and oxygen atoms in total. The highest BCUT2D eigenvalue weighted by Crippen LogP contribution is 2.20. The minimum absolute atomic E-state index is 0.203. The zero-order chi connectivity index (χ0) is 12.1. The number of hydrogen-bond donors (Lipinski definition) is 1. The fraction of sp³-hybridized carbons (Fsp3) is 0.615. The van der Waals surface area contributed by atoms with Crippen LogP contribution >= 0.6 is 0 Å². The molecule has 1 aliphatic rings. The molecule has 2 rings (SSSR count). The Labute approximate surface area is 102 Å². The molecule has 2 N–H and O–H groups in total. The van der Waals surface area contributed by atoms with E-state index in [0.29, 0.717) is 11.8 Å². The molecule has 1 aliphatic heterocycles. The van der Waals surface area contributed by atoms with Gasteiger partial charge in [0.15, 0.2) is 0 Å². The lowest BCUT2D eigenvalue weighted by Gasteiger charge is -2.27. The third-order valence-corrected chi connectivity index (χ3v) is 3.35. The van der Waals surface area contributed by atoms with Crippen LogP contribution in [0.15, 0.2) is 18.3 Å². The number of ether oxygens (including phenoxy) is 2. The van der Waals surface area contributed by atoms with Gasteiger partial charge in [0.05, 0.1) is 7.11 Å². The summed E-state index contributed by atoms with van der Waals surface area (Å²) in [6.45, 7) is 1.69. The molecular formula is C13H20N2O2. The zero-order valence-electron chi connectivity index (χ0n) is 10.3. The summed E-state index contributed by atoms with van der Waals surface area (Å²) in [6.07, 6.45) is 4.87. The molecule has 0 aliphatic carbocycles. The number of pyridine rings is 1. The first-order chi connectivity index (χ1) is 8.29. The van der Waals surface area contributed by atoms with Crippen molar-refractivity contribution in [2.45, 2.75) is 25.3 Å². The van der Waals surface area contributed by atoms with Crippen molar-refractivity contribution in [3.8, 4) is 5.88 Å². The number of nitrogens with zero attached hydrogens (tertiary/aromatic N) is 1. The predicted octanol–water partition coefficient (Wildman–Crippen LogP) is 1.39. The van der Waals surface area contributed by atoms with Crippen LogP contribution in [0, 0.1) is 5.92 Å². The van der Waals surface area contributed by atoms with E-state index in [-0.39, 0.29) is 6.04 Å². The number of aromatic nitrogens is 1. The van der Waals surface area contributed by atoms with E-state index in [2.05, 4.69) is 4.98 Å². The lowest BCUT2D eigenvalue weighted by molar-refractivity contribution is 0.0585. The SMILES string of the molecule is COc1ccc(CC(N)C2CCOCC2)cn1. The Hall–Kier alpha value is -1.13. The van der Waals surface area contributed by atoms with Crippen molar-refractivity contribution in [2.24, 2.45) is 11.7 Å². The molecule has 2 heterocycles. The zero-order valence-corrected chi connectivity index (χ0v) is 10.3. The van der Waals surface area contributed by atoms with E-state index < -0.39 is 0 Å². The first-order valence-electron chi connectivity index (χ1n) is 6.12. The van der Waals surface area contributed by atoms with Crippen molar-refractivity contribution in [3.05, 3.63) is 23.9 Å². The molecule has 1 aromatic rings. The minimum atomic E-state index is 0.203. The van der Waals surface area contributed by atoms with Crippen molar-refractivity contribution in [1.82, 2.24) is 4.98 Å². The van der Waals surface area contributed by atoms with Crippen LogP contribution in [0.2, 0.25) is 0 Å². The molecule has 17 heavy (non-hydrogen) atoms. The summed E-state index contributed by atoms with van der Waals surface area (Å²) in [5.74, 6) is 1.22. The lowest BCUT2D eigenvalue weighted by Crippen LogP contribution is -2.36. The second kappa shape index (κ2) is 5.98. The highest BCUT2D eigenvalue weighted by molar-refractivity contribution is 5.18. The maximum Gasteiger partial charge on any atom is 0.212 e. The van der Waals surface area contributed by atoms with Gasteiger partial charge in [-0.15, -0.1) is 0 Å². The number of rotatable bonds is 4. The molecule has 1 fully saturated rings. The van der Waals surface area contributed by atoms with Gasteiger partial charge in [-0.2, -0.15) is 0 Å². The van der Waals surface area contributed by atoms with Gasteiger partial charge in [0, 0.05) is 31.5 Å². The predicted molar refractivity (Wildman–Crippen MR) is 66.0 cm³/mol. The van der Waals surface area contributed by atoms with Gasteiger partial charge in [0.2, 0.25) is 5.88 Å². The Kier molecular flexibility index (Phi) is 4.34. The number of methoxy groups -OCH3 is 1. The highest BCUT2D eigenvalue weighted by Gasteiger charge is 2.21. The molecule has 0 saturated carbocycles. The third-order valence-electron chi connectivity index (χ3n) is 3.35. The molecular weight excluding hydrogens is 216 g/mol. The van der Waals surface area contributed by atoms with Crippen LogP contribution < -0.4 is 10.5 Å². The van der Waals surface area contributed by atoms with Gasteiger partial charge >= 0.3 is 0 Å². The average Bonchev–Trinajstić information content (AvgIpc) is 2.40. The van der Waals surface area contributed by atoms with Crippen LogP contribution in [-0.4, -0.2) is 31.3 Å². The van der Waals surface area contributed by atoms with Crippen molar-refractivity contribution >= 4 is 0 Å². The largest absolute Gasteiger partial charge is 0.481 e. The van der Waals surface area contributed by atoms with Gasteiger partial charge in [-0.05, 0) is 30.7 Å². The summed E-state index contributed by atoms with van der Waals surface area (Å²) >= 11 is 0. The fourth-order valence-corrected chi connectivity index (χ4v) is 2.24. The Balaban J connectivity index is 1.89. The lowest BCUT2D eigenvalue weighted by atomic mass is 9.89. The summed E-state index contributed by atoms with van der Waals surface area (Å²) in [5, 5.41) is 0. The highest BCUT2D eigenvalue weighted by atomic mass is 16.5. The van der Waals surface area contributed by atoms with Gasteiger partial charge < -0.3 is 15.2 Å². The molecule has 1 aromatic heterocycles. The molecule has 0 aromatic carbocycles. The monoisotopic (exact) mass is 236 g/mol. The standard InChI is InChI=1S/C13H20N2O2/c1-16-13-3-2-10(9-15-13)8-12(14)11-4-6-17-7-5-11/h2-3,9,11-12H,4-8,14H2,1H3. The van der Waals surface area contributed by atoms with Gasteiger partial charge in [-0.1, -0.05) is 6.07 Å². The van der Waals surface area contributed by atoms with Gasteiger partial charge in [-0.25, -0.2) is 4.98 Å². The maximum atomic E-state index is 6.24. The van der Waals surface area contributed by atoms with Crippen LogP contribution in [0.4, 0.5) is 0 Å². The van der Waals surface area contributed by atoms with Crippen LogP contribution in [0.3, 0.4) is 0 Å². The second-order valence-corrected chi connectivity index (χ2v) is 4.53. The Bertz CT molecular complexity index is 334. The molecule has 1 unspecified atom stereocenters. The summed E-state index contributed by atoms with van der Waals surface area (Å²) in [5.41, 5.74) is 7.41. The van der Waals surface area contributed by atoms with E-state index >= 15 is 0 Å². The topological polar surface area (TPSA) is 57.4 Å². The van der Waals surface area contributed by atoms with Crippen LogP contribution in [0.1, 0.15) is 18.4 Å². The summed E-state index contributed by atoms with van der Waals surface area (Å²) < 4.78 is 10.4. The third kappa shape index (κ3) is 3.41. The first kappa shape index (κ1) is 12.3. The van der Waals surface area contributed by atoms with Gasteiger partial charge in [0.25, 0.3) is 0 Å². The molecule has 0 radical (unpaired) electrons. The molecule has 1 saturated heterocycles. The van der Waals surface area contributed by atoms with Crippen LogP contribution in [0.5, 0.6) is 5.88 Å². The number of hydrogen-bond acceptors (Lipinski definition) is 4. The Morgan fingerprint density at radius 3 is 2.82 bits per heavy atom. The van der Waals surface area contributed by atoms with Gasteiger partial charge in [0.1, 0.15) is 0 Å². The van der Waals surface area contributed by atoms with Crippen molar-refractivity contribution in [1.29, 1.82) is 0 Å². The fourth-order valence-electron chi connectivity index (χ4n) is 2.24. The van der Waals surface area contributed by atoms with E-state index in [9.17, 15) is 0 Å². The smallest absolute Gasteiger partial charge is 0.212 e.